The average Bonchev–Trinajstić information content (AvgIpc) is 3.08. The Morgan fingerprint density at radius 2 is 2.00 bits per heavy atom. The highest BCUT2D eigenvalue weighted by atomic mass is 19.1. The van der Waals surface area contributed by atoms with Gasteiger partial charge in [0, 0.05) is 43.0 Å². The van der Waals surface area contributed by atoms with Crippen molar-refractivity contribution in [2.24, 2.45) is 0 Å². The smallest absolute Gasteiger partial charge is 0.360 e. The zero-order valence-corrected chi connectivity index (χ0v) is 17.4. The number of nitrogens with one attached hydrogen (secondary N) is 2. The molecule has 10 heteroatoms. The molecule has 3 fully saturated rings. The molecule has 0 amide bonds. The van der Waals surface area contributed by atoms with Gasteiger partial charge in [-0.3, -0.25) is 10.00 Å². The van der Waals surface area contributed by atoms with E-state index >= 15 is 4.39 Å². The molecular weight excluding hydrogens is 389 g/mol. The molecule has 0 saturated carbocycles. The lowest BCUT2D eigenvalue weighted by Crippen LogP contribution is -2.74. The second kappa shape index (κ2) is 7.19. The molecule has 0 aromatic carbocycles. The number of carbonyl (C=O) groups excluding carboxylic acids is 1. The van der Waals surface area contributed by atoms with E-state index < -0.39 is 11.8 Å². The zero-order valence-electron chi connectivity index (χ0n) is 17.4. The summed E-state index contributed by atoms with van der Waals surface area (Å²) >= 11 is 0. The molecule has 3 aliphatic heterocycles. The fourth-order valence-electron chi connectivity index (χ4n) is 5.08. The fourth-order valence-corrected chi connectivity index (χ4v) is 5.08. The van der Waals surface area contributed by atoms with Gasteiger partial charge < -0.3 is 15.0 Å². The number of aryl methyl sites for hydroxylation is 1. The maximum absolute atomic E-state index is 15.1. The van der Waals surface area contributed by atoms with Crippen molar-refractivity contribution in [2.75, 3.05) is 23.9 Å². The maximum atomic E-state index is 15.1. The Bertz CT molecular complexity index is 964. The van der Waals surface area contributed by atoms with Crippen molar-refractivity contribution in [2.45, 2.75) is 63.7 Å². The van der Waals surface area contributed by atoms with Gasteiger partial charge in [-0.05, 0) is 39.5 Å². The summed E-state index contributed by atoms with van der Waals surface area (Å²) in [4.78, 5) is 25.6. The standard InChI is InChI=1S/C20H26FN7O2/c1-4-30-19(29)17-16(21)18(22-15-5-10(2)25-26-15)24-20(23-17)27(3)11-6-12-8-14-9-13(7-11)28(12)14/h5,11-14H,4,6-9H2,1-3H3,(H2,22,23,24,25,26)/t11-,12+,13-,14?. The first kappa shape index (κ1) is 19.2. The highest BCUT2D eigenvalue weighted by molar-refractivity contribution is 5.89. The molecule has 0 aliphatic carbocycles. The molecule has 5 rings (SSSR count). The molecule has 1 unspecified atom stereocenters. The third-order valence-electron chi connectivity index (χ3n) is 6.57. The first-order valence-corrected chi connectivity index (χ1v) is 10.5. The van der Waals surface area contributed by atoms with E-state index in [-0.39, 0.29) is 24.2 Å². The number of carbonyl (C=O) groups is 1. The number of halogens is 1. The van der Waals surface area contributed by atoms with E-state index in [9.17, 15) is 4.79 Å². The van der Waals surface area contributed by atoms with Gasteiger partial charge in [0.25, 0.3) is 0 Å². The monoisotopic (exact) mass is 415 g/mol. The molecule has 0 spiro atoms. The molecule has 0 radical (unpaired) electrons. The summed E-state index contributed by atoms with van der Waals surface area (Å²) in [5.41, 5.74) is 0.453. The number of anilines is 3. The number of ether oxygens (including phenoxy) is 1. The number of esters is 1. The van der Waals surface area contributed by atoms with Gasteiger partial charge in [0.05, 0.1) is 6.61 Å². The maximum Gasteiger partial charge on any atom is 0.360 e. The van der Waals surface area contributed by atoms with Gasteiger partial charge in [0.2, 0.25) is 5.95 Å². The van der Waals surface area contributed by atoms with Crippen molar-refractivity contribution in [3.8, 4) is 0 Å². The minimum absolute atomic E-state index is 0.0915. The summed E-state index contributed by atoms with van der Waals surface area (Å²) in [6, 6.07) is 4.00. The van der Waals surface area contributed by atoms with Gasteiger partial charge in [-0.1, -0.05) is 0 Å². The Balaban J connectivity index is 1.46. The van der Waals surface area contributed by atoms with Crippen LogP contribution in [-0.2, 0) is 4.74 Å². The molecule has 2 aromatic heterocycles. The van der Waals surface area contributed by atoms with Gasteiger partial charge in [0.1, 0.15) is 0 Å². The van der Waals surface area contributed by atoms with Gasteiger partial charge in [-0.25, -0.2) is 14.2 Å². The Morgan fingerprint density at radius 1 is 1.30 bits per heavy atom. The highest BCUT2D eigenvalue weighted by Gasteiger charge is 2.55. The van der Waals surface area contributed by atoms with Crippen LogP contribution in [0.2, 0.25) is 0 Å². The number of H-pyrrole nitrogens is 1. The average molecular weight is 415 g/mol. The van der Waals surface area contributed by atoms with E-state index in [0.29, 0.717) is 23.8 Å². The predicted octanol–water partition coefficient (Wildman–Crippen LogP) is 2.38. The largest absolute Gasteiger partial charge is 0.461 e. The summed E-state index contributed by atoms with van der Waals surface area (Å²) in [6.45, 7) is 3.65. The van der Waals surface area contributed by atoms with Crippen molar-refractivity contribution < 1.29 is 13.9 Å². The summed E-state index contributed by atoms with van der Waals surface area (Å²) in [6.07, 6.45) is 4.57. The van der Waals surface area contributed by atoms with E-state index in [0.717, 1.165) is 24.6 Å². The number of piperidine rings is 2. The molecule has 2 aromatic rings. The zero-order chi connectivity index (χ0) is 21.0. The topological polar surface area (TPSA) is 99.3 Å². The summed E-state index contributed by atoms with van der Waals surface area (Å²) in [7, 11) is 1.92. The van der Waals surface area contributed by atoms with Crippen LogP contribution in [0.25, 0.3) is 0 Å². The van der Waals surface area contributed by atoms with E-state index in [1.54, 1.807) is 13.0 Å². The normalized spacial score (nSPS) is 26.9. The van der Waals surface area contributed by atoms with Crippen LogP contribution in [-0.4, -0.2) is 68.9 Å². The fraction of sp³-hybridized carbons (Fsp3) is 0.600. The third kappa shape index (κ3) is 3.10. The van der Waals surface area contributed by atoms with Crippen LogP contribution >= 0.6 is 0 Å². The van der Waals surface area contributed by atoms with Gasteiger partial charge in [0.15, 0.2) is 23.1 Å². The second-order valence-corrected chi connectivity index (χ2v) is 8.43. The van der Waals surface area contributed by atoms with E-state index in [4.69, 9.17) is 4.74 Å². The first-order chi connectivity index (χ1) is 14.4. The number of rotatable bonds is 6. The van der Waals surface area contributed by atoms with E-state index in [2.05, 4.69) is 30.4 Å². The second-order valence-electron chi connectivity index (χ2n) is 8.43. The quantitative estimate of drug-likeness (QED) is 0.694. The van der Waals surface area contributed by atoms with Crippen LogP contribution in [0.3, 0.4) is 0 Å². The Labute approximate surface area is 174 Å². The summed E-state index contributed by atoms with van der Waals surface area (Å²) < 4.78 is 20.1. The van der Waals surface area contributed by atoms with Crippen molar-refractivity contribution in [3.63, 3.8) is 0 Å². The van der Waals surface area contributed by atoms with Gasteiger partial charge >= 0.3 is 5.97 Å². The molecule has 2 N–H and O–H groups in total. The molecule has 3 saturated heterocycles. The SMILES string of the molecule is CCOC(=O)c1nc(N(C)[C@@H]2C[C@H]3CC4C[C@@H](C2)N43)nc(Nc2cc(C)[nH]n2)c1F. The first-order valence-electron chi connectivity index (χ1n) is 10.5. The number of aromatic amines is 1. The predicted molar refractivity (Wildman–Crippen MR) is 108 cm³/mol. The van der Waals surface area contributed by atoms with Crippen LogP contribution in [0.15, 0.2) is 6.07 Å². The third-order valence-corrected chi connectivity index (χ3v) is 6.57. The molecule has 3 aliphatic rings. The minimum atomic E-state index is -0.845. The lowest BCUT2D eigenvalue weighted by molar-refractivity contribution is -0.148. The lowest BCUT2D eigenvalue weighted by atomic mass is 9.68. The summed E-state index contributed by atoms with van der Waals surface area (Å²) in [5.74, 6) is -1.02. The minimum Gasteiger partial charge on any atom is -0.461 e. The highest BCUT2D eigenvalue weighted by Crippen LogP contribution is 2.49. The van der Waals surface area contributed by atoms with Gasteiger partial charge in [-0.15, -0.1) is 0 Å². The lowest BCUT2D eigenvalue weighted by Gasteiger charge is -2.66. The van der Waals surface area contributed by atoms with Gasteiger partial charge in [-0.2, -0.15) is 10.1 Å². The molecule has 4 atom stereocenters. The van der Waals surface area contributed by atoms with Crippen LogP contribution in [0.1, 0.15) is 48.8 Å². The van der Waals surface area contributed by atoms with Crippen LogP contribution in [0.4, 0.5) is 22.0 Å². The molecule has 160 valence electrons. The Hall–Kier alpha value is -2.75. The Morgan fingerprint density at radius 3 is 2.60 bits per heavy atom. The van der Waals surface area contributed by atoms with Crippen LogP contribution in [0.5, 0.6) is 0 Å². The molecule has 9 nitrogen and oxygen atoms in total. The van der Waals surface area contributed by atoms with Crippen LogP contribution < -0.4 is 10.2 Å². The number of nitrogens with zero attached hydrogens (tertiary/aromatic N) is 5. The Kier molecular flexibility index (Phi) is 4.61. The van der Waals surface area contributed by atoms with Crippen molar-refractivity contribution in [3.05, 3.63) is 23.3 Å². The van der Waals surface area contributed by atoms with Crippen LogP contribution in [0, 0.1) is 12.7 Å². The molecular formula is C20H26FN7O2. The molecule has 30 heavy (non-hydrogen) atoms. The van der Waals surface area contributed by atoms with E-state index in [1.165, 1.54) is 12.8 Å². The van der Waals surface area contributed by atoms with Crippen molar-refractivity contribution in [1.29, 1.82) is 0 Å². The number of aromatic nitrogens is 4. The van der Waals surface area contributed by atoms with E-state index in [1.807, 2.05) is 18.9 Å². The van der Waals surface area contributed by atoms with Crippen molar-refractivity contribution >= 4 is 23.6 Å². The summed E-state index contributed by atoms with van der Waals surface area (Å²) in [5, 5.41) is 9.73. The molecule has 5 heterocycles. The number of hydrogen-bond acceptors (Lipinski definition) is 8. The molecule has 0 bridgehead atoms. The number of hydrogen-bond donors (Lipinski definition) is 2. The van der Waals surface area contributed by atoms with Crippen molar-refractivity contribution in [1.82, 2.24) is 25.1 Å².